The summed E-state index contributed by atoms with van der Waals surface area (Å²) in [6, 6.07) is 8.57. The number of alkyl carbamates (subject to hydrolysis) is 2. The average Bonchev–Trinajstić information content (AvgIpc) is 2.75. The maximum Gasteiger partial charge on any atom is 0.408 e. The molecule has 0 aromatic heterocycles. The highest BCUT2D eigenvalue weighted by Crippen LogP contribution is 2.48. The fourth-order valence-corrected chi connectivity index (χ4v) is 6.01. The van der Waals surface area contributed by atoms with Crippen LogP contribution in [0.15, 0.2) is 30.3 Å². The molecule has 0 saturated heterocycles. The Kier molecular flexibility index (Phi) is 8.99. The topological polar surface area (TPSA) is 146 Å². The standard InChI is InChI=1S/C26H40N4O5/c1-18-12-20-14-25(2,17-26(28,13-18)15-20)35-24(33)30-21(22(27)31)10-6-7-11-29-23(32)34-16-19-8-4-3-5-9-19/h3-5,8-9,18,20-21H,6-7,10-17,28H2,1-2H3,(H2,27,31)(H,29,32)(H,30,33). The first kappa shape index (κ1) is 26.8. The minimum atomic E-state index is -0.842. The van der Waals surface area contributed by atoms with E-state index in [2.05, 4.69) is 17.6 Å². The number of nitrogens with one attached hydrogen (secondary N) is 2. The normalized spacial score (nSPS) is 28.4. The zero-order valence-corrected chi connectivity index (χ0v) is 20.9. The van der Waals surface area contributed by atoms with Gasteiger partial charge in [-0.05, 0) is 69.3 Å². The smallest absolute Gasteiger partial charge is 0.408 e. The molecule has 0 heterocycles. The molecule has 9 heteroatoms. The predicted molar refractivity (Wildman–Crippen MR) is 132 cm³/mol. The second-order valence-corrected chi connectivity index (χ2v) is 10.8. The first-order chi connectivity index (χ1) is 16.6. The van der Waals surface area contributed by atoms with E-state index in [-0.39, 0.29) is 12.1 Å². The molecule has 2 aliphatic carbocycles. The molecule has 3 amide bonds. The van der Waals surface area contributed by atoms with Gasteiger partial charge in [-0.25, -0.2) is 9.59 Å². The van der Waals surface area contributed by atoms with Gasteiger partial charge in [-0.2, -0.15) is 0 Å². The van der Waals surface area contributed by atoms with Crippen molar-refractivity contribution in [1.82, 2.24) is 10.6 Å². The van der Waals surface area contributed by atoms with Gasteiger partial charge in [0.1, 0.15) is 18.2 Å². The van der Waals surface area contributed by atoms with Crippen LogP contribution in [0.3, 0.4) is 0 Å². The van der Waals surface area contributed by atoms with Crippen molar-refractivity contribution < 1.29 is 23.9 Å². The van der Waals surface area contributed by atoms with E-state index in [4.69, 9.17) is 20.9 Å². The highest BCUT2D eigenvalue weighted by atomic mass is 16.6. The first-order valence-corrected chi connectivity index (χ1v) is 12.6. The zero-order chi connectivity index (χ0) is 25.5. The number of carbonyl (C=O) groups is 3. The molecule has 5 atom stereocenters. The lowest BCUT2D eigenvalue weighted by Gasteiger charge is -2.52. The Bertz CT molecular complexity index is 878. The Morgan fingerprint density at radius 1 is 1.11 bits per heavy atom. The largest absolute Gasteiger partial charge is 0.445 e. The second-order valence-electron chi connectivity index (χ2n) is 10.8. The monoisotopic (exact) mass is 488 g/mol. The molecule has 2 bridgehead atoms. The molecule has 0 spiro atoms. The summed E-state index contributed by atoms with van der Waals surface area (Å²) in [5.74, 6) is 0.401. The molecule has 0 radical (unpaired) electrons. The summed E-state index contributed by atoms with van der Waals surface area (Å²) in [6.07, 6.45) is 4.77. The van der Waals surface area contributed by atoms with E-state index < -0.39 is 29.7 Å². The first-order valence-electron chi connectivity index (χ1n) is 12.6. The summed E-state index contributed by atoms with van der Waals surface area (Å²) < 4.78 is 11.0. The zero-order valence-electron chi connectivity index (χ0n) is 20.9. The molecule has 2 aliphatic rings. The van der Waals surface area contributed by atoms with Gasteiger partial charge >= 0.3 is 12.2 Å². The lowest BCUT2D eigenvalue weighted by atomic mass is 9.60. The van der Waals surface area contributed by atoms with E-state index in [1.54, 1.807) is 0 Å². The average molecular weight is 489 g/mol. The third kappa shape index (κ3) is 8.42. The quantitative estimate of drug-likeness (QED) is 0.372. The number of unbranched alkanes of at least 4 members (excludes halogenated alkanes) is 1. The number of rotatable bonds is 10. The van der Waals surface area contributed by atoms with Crippen LogP contribution in [0.2, 0.25) is 0 Å². The van der Waals surface area contributed by atoms with Gasteiger partial charge in [0.15, 0.2) is 0 Å². The summed E-state index contributed by atoms with van der Waals surface area (Å²) in [7, 11) is 0. The van der Waals surface area contributed by atoms with Crippen molar-refractivity contribution in [2.24, 2.45) is 23.3 Å². The minimum absolute atomic E-state index is 0.201. The van der Waals surface area contributed by atoms with Crippen molar-refractivity contribution in [2.75, 3.05) is 6.54 Å². The van der Waals surface area contributed by atoms with Crippen LogP contribution in [0.25, 0.3) is 0 Å². The molecule has 0 aliphatic heterocycles. The Hall–Kier alpha value is -2.81. The molecule has 35 heavy (non-hydrogen) atoms. The van der Waals surface area contributed by atoms with Crippen molar-refractivity contribution in [3.8, 4) is 0 Å². The molecule has 5 unspecified atom stereocenters. The molecular formula is C26H40N4O5. The van der Waals surface area contributed by atoms with Crippen LogP contribution in [0.1, 0.15) is 70.8 Å². The van der Waals surface area contributed by atoms with Crippen molar-refractivity contribution in [3.05, 3.63) is 35.9 Å². The van der Waals surface area contributed by atoms with Gasteiger partial charge in [0, 0.05) is 18.5 Å². The van der Waals surface area contributed by atoms with E-state index in [0.717, 1.165) is 31.2 Å². The third-order valence-electron chi connectivity index (χ3n) is 7.01. The molecule has 2 saturated carbocycles. The Labute approximate surface area is 207 Å². The van der Waals surface area contributed by atoms with Gasteiger partial charge in [0.25, 0.3) is 0 Å². The van der Waals surface area contributed by atoms with Crippen molar-refractivity contribution >= 4 is 18.1 Å². The molecule has 3 rings (SSSR count). The number of benzene rings is 1. The number of hydrogen-bond acceptors (Lipinski definition) is 6. The highest BCUT2D eigenvalue weighted by molar-refractivity contribution is 5.84. The van der Waals surface area contributed by atoms with Crippen LogP contribution in [0.5, 0.6) is 0 Å². The third-order valence-corrected chi connectivity index (χ3v) is 7.01. The number of primary amides is 1. The number of hydrogen-bond donors (Lipinski definition) is 4. The maximum absolute atomic E-state index is 12.6. The summed E-state index contributed by atoms with van der Waals surface area (Å²) in [5.41, 5.74) is 12.1. The van der Waals surface area contributed by atoms with Gasteiger partial charge in [-0.1, -0.05) is 37.3 Å². The molecule has 194 valence electrons. The second kappa shape index (κ2) is 11.7. The van der Waals surface area contributed by atoms with Crippen molar-refractivity contribution in [2.45, 2.75) is 89.0 Å². The van der Waals surface area contributed by atoms with E-state index in [1.165, 1.54) is 0 Å². The number of amides is 3. The van der Waals surface area contributed by atoms with Gasteiger partial charge in [0.2, 0.25) is 5.91 Å². The number of nitrogens with two attached hydrogens (primary N) is 2. The lowest BCUT2D eigenvalue weighted by molar-refractivity contribution is -0.120. The summed E-state index contributed by atoms with van der Waals surface area (Å²) in [5, 5.41) is 5.31. The van der Waals surface area contributed by atoms with E-state index in [1.807, 2.05) is 37.3 Å². The lowest BCUT2D eigenvalue weighted by Crippen LogP contribution is -2.58. The number of ether oxygens (including phenoxy) is 2. The highest BCUT2D eigenvalue weighted by Gasteiger charge is 2.49. The Balaban J connectivity index is 1.36. The summed E-state index contributed by atoms with van der Waals surface area (Å²) in [4.78, 5) is 36.3. The Morgan fingerprint density at radius 2 is 1.86 bits per heavy atom. The molecule has 6 N–H and O–H groups in total. The van der Waals surface area contributed by atoms with Gasteiger partial charge < -0.3 is 31.6 Å². The van der Waals surface area contributed by atoms with Gasteiger partial charge in [0.05, 0.1) is 0 Å². The van der Waals surface area contributed by atoms with Crippen LogP contribution in [-0.4, -0.2) is 41.8 Å². The Morgan fingerprint density at radius 3 is 2.54 bits per heavy atom. The molecule has 1 aromatic rings. The predicted octanol–water partition coefficient (Wildman–Crippen LogP) is 3.35. The van der Waals surface area contributed by atoms with E-state index in [9.17, 15) is 14.4 Å². The fourth-order valence-electron chi connectivity index (χ4n) is 6.01. The van der Waals surface area contributed by atoms with Crippen LogP contribution < -0.4 is 22.1 Å². The van der Waals surface area contributed by atoms with Crippen LogP contribution in [0.4, 0.5) is 9.59 Å². The van der Waals surface area contributed by atoms with Crippen LogP contribution in [0, 0.1) is 11.8 Å². The summed E-state index contributed by atoms with van der Waals surface area (Å²) >= 11 is 0. The number of carbonyl (C=O) groups excluding carboxylic acids is 3. The maximum atomic E-state index is 12.6. The molecule has 2 fully saturated rings. The van der Waals surface area contributed by atoms with Gasteiger partial charge in [-0.3, -0.25) is 4.79 Å². The van der Waals surface area contributed by atoms with Crippen LogP contribution >= 0.6 is 0 Å². The van der Waals surface area contributed by atoms with Crippen molar-refractivity contribution in [3.63, 3.8) is 0 Å². The van der Waals surface area contributed by atoms with Crippen molar-refractivity contribution in [1.29, 1.82) is 0 Å². The van der Waals surface area contributed by atoms with Gasteiger partial charge in [-0.15, -0.1) is 0 Å². The molecule has 1 aromatic carbocycles. The SMILES string of the molecule is CC1CC2CC(N)(C1)CC(C)(OC(=O)NC(CCCCNC(=O)OCc1ccccc1)C(N)=O)C2. The summed E-state index contributed by atoms with van der Waals surface area (Å²) in [6.45, 7) is 4.75. The molecular weight excluding hydrogens is 448 g/mol. The van der Waals surface area contributed by atoms with Crippen LogP contribution in [-0.2, 0) is 20.9 Å². The number of fused-ring (bicyclic) bond motifs is 2. The molecule has 9 nitrogen and oxygen atoms in total. The fraction of sp³-hybridized carbons (Fsp3) is 0.654. The van der Waals surface area contributed by atoms with E-state index >= 15 is 0 Å². The minimum Gasteiger partial charge on any atom is -0.445 e. The van der Waals surface area contributed by atoms with E-state index in [0.29, 0.717) is 44.1 Å².